The summed E-state index contributed by atoms with van der Waals surface area (Å²) in [6, 6.07) is 7.38. The molecule has 0 unspecified atom stereocenters. The van der Waals surface area contributed by atoms with Gasteiger partial charge in [-0.15, -0.1) is 0 Å². The highest BCUT2D eigenvalue weighted by atomic mass is 32.2. The summed E-state index contributed by atoms with van der Waals surface area (Å²) in [6.07, 6.45) is 3.14. The molecule has 0 saturated carbocycles. The molecule has 0 aromatic heterocycles. The molecule has 0 bridgehead atoms. The van der Waals surface area contributed by atoms with Gasteiger partial charge in [0, 0.05) is 13.1 Å². The fourth-order valence-electron chi connectivity index (χ4n) is 2.77. The number of benzene rings is 1. The first-order valence-electron chi connectivity index (χ1n) is 7.65. The second-order valence-electron chi connectivity index (χ2n) is 6.07. The maximum Gasteiger partial charge on any atom is 0.243 e. The van der Waals surface area contributed by atoms with Gasteiger partial charge in [-0.05, 0) is 30.4 Å². The molecule has 1 aromatic carbocycles. The average molecular weight is 324 g/mol. The van der Waals surface area contributed by atoms with E-state index in [0.29, 0.717) is 5.69 Å². The van der Waals surface area contributed by atoms with Gasteiger partial charge in [-0.3, -0.25) is 9.10 Å². The fraction of sp³-hybridized carbons (Fsp3) is 0.562. The van der Waals surface area contributed by atoms with Crippen LogP contribution in [0.3, 0.4) is 0 Å². The molecular formula is C16H24N2O3S. The van der Waals surface area contributed by atoms with E-state index in [2.05, 4.69) is 0 Å². The highest BCUT2D eigenvalue weighted by molar-refractivity contribution is 7.92. The Bertz CT molecular complexity index is 635. The molecular weight excluding hydrogens is 300 g/mol. The first kappa shape index (κ1) is 16.8. The summed E-state index contributed by atoms with van der Waals surface area (Å²) in [4.78, 5) is 14.1. The number of para-hydroxylation sites is 1. The van der Waals surface area contributed by atoms with Crippen LogP contribution in [0.25, 0.3) is 0 Å². The summed E-state index contributed by atoms with van der Waals surface area (Å²) in [5.41, 5.74) is 1.54. The van der Waals surface area contributed by atoms with Crippen molar-refractivity contribution >= 4 is 21.6 Å². The van der Waals surface area contributed by atoms with Gasteiger partial charge in [0.15, 0.2) is 0 Å². The minimum absolute atomic E-state index is 0.122. The number of likely N-dealkylation sites (tertiary alicyclic amines) is 1. The van der Waals surface area contributed by atoms with E-state index in [0.717, 1.165) is 37.8 Å². The minimum atomic E-state index is -3.51. The van der Waals surface area contributed by atoms with Crippen LogP contribution in [0.2, 0.25) is 0 Å². The van der Waals surface area contributed by atoms with Gasteiger partial charge in [0.25, 0.3) is 0 Å². The van der Waals surface area contributed by atoms with E-state index < -0.39 is 10.0 Å². The second kappa shape index (κ2) is 6.69. The van der Waals surface area contributed by atoms with E-state index in [1.807, 2.05) is 26.0 Å². The van der Waals surface area contributed by atoms with Crippen molar-refractivity contribution in [2.24, 2.45) is 0 Å². The van der Waals surface area contributed by atoms with Crippen molar-refractivity contribution in [3.63, 3.8) is 0 Å². The van der Waals surface area contributed by atoms with Gasteiger partial charge in [0.1, 0.15) is 6.54 Å². The van der Waals surface area contributed by atoms with Gasteiger partial charge in [0.05, 0.1) is 11.9 Å². The first-order valence-corrected chi connectivity index (χ1v) is 9.50. The Kier molecular flexibility index (Phi) is 5.11. The zero-order chi connectivity index (χ0) is 16.3. The molecule has 0 atom stereocenters. The number of rotatable bonds is 5. The van der Waals surface area contributed by atoms with Crippen LogP contribution in [-0.4, -0.2) is 45.1 Å². The molecule has 22 heavy (non-hydrogen) atoms. The first-order chi connectivity index (χ1) is 10.3. The van der Waals surface area contributed by atoms with E-state index >= 15 is 0 Å². The minimum Gasteiger partial charge on any atom is -0.341 e. The molecule has 1 heterocycles. The molecule has 2 rings (SSSR count). The average Bonchev–Trinajstić information content (AvgIpc) is 2.97. The Balaban J connectivity index is 2.33. The van der Waals surface area contributed by atoms with Crippen molar-refractivity contribution in [3.8, 4) is 0 Å². The van der Waals surface area contributed by atoms with Crippen LogP contribution >= 0.6 is 0 Å². The monoisotopic (exact) mass is 324 g/mol. The summed E-state index contributed by atoms with van der Waals surface area (Å²) in [5, 5.41) is 0. The van der Waals surface area contributed by atoms with Crippen molar-refractivity contribution in [3.05, 3.63) is 29.8 Å². The summed E-state index contributed by atoms with van der Waals surface area (Å²) in [6.45, 7) is 5.36. The number of hydrogen-bond acceptors (Lipinski definition) is 3. The van der Waals surface area contributed by atoms with Crippen LogP contribution in [0.1, 0.15) is 38.2 Å². The maximum absolute atomic E-state index is 12.4. The van der Waals surface area contributed by atoms with Crippen molar-refractivity contribution in [2.45, 2.75) is 32.6 Å². The Morgan fingerprint density at radius 2 is 1.82 bits per heavy atom. The van der Waals surface area contributed by atoms with E-state index in [1.165, 1.54) is 4.31 Å². The number of nitrogens with zero attached hydrogens (tertiary/aromatic N) is 2. The van der Waals surface area contributed by atoms with Crippen molar-refractivity contribution in [1.29, 1.82) is 0 Å². The van der Waals surface area contributed by atoms with E-state index in [9.17, 15) is 13.2 Å². The summed E-state index contributed by atoms with van der Waals surface area (Å²) in [5.74, 6) is 0.0591. The van der Waals surface area contributed by atoms with Gasteiger partial charge in [-0.25, -0.2) is 8.42 Å². The van der Waals surface area contributed by atoms with Crippen LogP contribution in [0.15, 0.2) is 24.3 Å². The number of sulfonamides is 1. The third-order valence-corrected chi connectivity index (χ3v) is 5.09. The van der Waals surface area contributed by atoms with E-state index in [4.69, 9.17) is 0 Å². The summed E-state index contributed by atoms with van der Waals surface area (Å²) < 4.78 is 25.7. The Morgan fingerprint density at radius 1 is 1.23 bits per heavy atom. The van der Waals surface area contributed by atoms with Gasteiger partial charge in [-0.2, -0.15) is 0 Å². The topological polar surface area (TPSA) is 57.7 Å². The number of carbonyl (C=O) groups excluding carboxylic acids is 1. The molecule has 6 heteroatoms. The van der Waals surface area contributed by atoms with Gasteiger partial charge in [0.2, 0.25) is 15.9 Å². The molecule has 122 valence electrons. The molecule has 0 aliphatic carbocycles. The summed E-state index contributed by atoms with van der Waals surface area (Å²) >= 11 is 0. The van der Waals surface area contributed by atoms with E-state index in [1.54, 1.807) is 17.0 Å². The summed E-state index contributed by atoms with van der Waals surface area (Å²) in [7, 11) is -3.51. The molecule has 0 N–H and O–H groups in total. The smallest absolute Gasteiger partial charge is 0.243 e. The molecule has 1 aliphatic heterocycles. The normalized spacial score (nSPS) is 15.4. The fourth-order valence-corrected chi connectivity index (χ4v) is 3.64. The van der Waals surface area contributed by atoms with Crippen molar-refractivity contribution < 1.29 is 13.2 Å². The number of hydrogen-bond donors (Lipinski definition) is 0. The van der Waals surface area contributed by atoms with Crippen LogP contribution in [0.5, 0.6) is 0 Å². The predicted octanol–water partition coefficient (Wildman–Crippen LogP) is 2.20. The Labute approximate surface area is 133 Å². The van der Waals surface area contributed by atoms with Crippen LogP contribution in [0, 0.1) is 0 Å². The molecule has 1 aromatic rings. The van der Waals surface area contributed by atoms with Crippen LogP contribution in [0.4, 0.5) is 5.69 Å². The Morgan fingerprint density at radius 3 is 2.36 bits per heavy atom. The lowest BCUT2D eigenvalue weighted by Crippen LogP contribution is -2.42. The molecule has 1 amide bonds. The number of anilines is 1. The molecule has 1 aliphatic rings. The van der Waals surface area contributed by atoms with Crippen molar-refractivity contribution in [1.82, 2.24) is 4.90 Å². The van der Waals surface area contributed by atoms with Crippen LogP contribution in [-0.2, 0) is 14.8 Å². The van der Waals surface area contributed by atoms with Crippen molar-refractivity contribution in [2.75, 3.05) is 30.2 Å². The third kappa shape index (κ3) is 3.80. The second-order valence-corrected chi connectivity index (χ2v) is 7.98. The van der Waals surface area contributed by atoms with Gasteiger partial charge in [-0.1, -0.05) is 32.0 Å². The lowest BCUT2D eigenvalue weighted by molar-refractivity contribution is -0.128. The quantitative estimate of drug-likeness (QED) is 0.834. The molecule has 0 radical (unpaired) electrons. The zero-order valence-corrected chi connectivity index (χ0v) is 14.3. The largest absolute Gasteiger partial charge is 0.341 e. The van der Waals surface area contributed by atoms with E-state index in [-0.39, 0.29) is 18.4 Å². The number of carbonyl (C=O) groups is 1. The highest BCUT2D eigenvalue weighted by Crippen LogP contribution is 2.29. The molecule has 1 saturated heterocycles. The molecule has 0 spiro atoms. The maximum atomic E-state index is 12.4. The third-order valence-electron chi connectivity index (χ3n) is 3.97. The molecule has 1 fully saturated rings. The van der Waals surface area contributed by atoms with Gasteiger partial charge >= 0.3 is 0 Å². The SMILES string of the molecule is CC(C)c1ccccc1N(CC(=O)N1CCCC1)S(C)(=O)=O. The zero-order valence-electron chi connectivity index (χ0n) is 13.4. The lowest BCUT2D eigenvalue weighted by Gasteiger charge is -2.27. The van der Waals surface area contributed by atoms with Crippen LogP contribution < -0.4 is 4.31 Å². The Hall–Kier alpha value is -1.56. The lowest BCUT2D eigenvalue weighted by atomic mass is 10.0. The standard InChI is InChI=1S/C16H24N2O3S/c1-13(2)14-8-4-5-9-15(14)18(22(3,20)21)12-16(19)17-10-6-7-11-17/h4-5,8-9,13H,6-7,10-12H2,1-3H3. The highest BCUT2D eigenvalue weighted by Gasteiger charge is 2.27. The molecule has 5 nitrogen and oxygen atoms in total. The van der Waals surface area contributed by atoms with Gasteiger partial charge < -0.3 is 4.90 Å². The predicted molar refractivity (Wildman–Crippen MR) is 88.5 cm³/mol. The number of amides is 1.